The number of benzene rings is 1. The minimum absolute atomic E-state index is 0.250. The van der Waals surface area contributed by atoms with Gasteiger partial charge in [0.25, 0.3) is 0 Å². The van der Waals surface area contributed by atoms with Crippen molar-refractivity contribution >= 4 is 23.2 Å². The van der Waals surface area contributed by atoms with Gasteiger partial charge in [-0.05, 0) is 31.2 Å². The van der Waals surface area contributed by atoms with Gasteiger partial charge in [-0.2, -0.15) is 0 Å². The quantitative estimate of drug-likeness (QED) is 0.764. The average molecular weight is 249 g/mol. The van der Waals surface area contributed by atoms with Gasteiger partial charge in [-0.1, -0.05) is 13.8 Å². The highest BCUT2D eigenvalue weighted by Gasteiger charge is 2.29. The lowest BCUT2D eigenvalue weighted by Crippen LogP contribution is -2.49. The largest absolute Gasteiger partial charge is 0.370 e. The fraction of sp³-hybridized carbons (Fsp3) is 0.500. The molecule has 1 aliphatic heterocycles. The van der Waals surface area contributed by atoms with Gasteiger partial charge in [-0.15, -0.1) is 11.8 Å². The molecule has 0 N–H and O–H groups in total. The summed E-state index contributed by atoms with van der Waals surface area (Å²) in [5.74, 6) is 0.563. The SMILES string of the molecule is CC(=O)C1CN(c2ccc(SC(C)C)cc2)C1. The van der Waals surface area contributed by atoms with Crippen LogP contribution in [0.3, 0.4) is 0 Å². The van der Waals surface area contributed by atoms with E-state index in [0.29, 0.717) is 11.0 Å². The Morgan fingerprint density at radius 3 is 2.35 bits per heavy atom. The van der Waals surface area contributed by atoms with Crippen molar-refractivity contribution in [3.05, 3.63) is 24.3 Å². The molecule has 0 radical (unpaired) electrons. The number of anilines is 1. The number of hydrogen-bond donors (Lipinski definition) is 0. The van der Waals surface area contributed by atoms with E-state index in [0.717, 1.165) is 13.1 Å². The molecule has 1 saturated heterocycles. The fourth-order valence-corrected chi connectivity index (χ4v) is 2.79. The van der Waals surface area contributed by atoms with E-state index >= 15 is 0 Å². The van der Waals surface area contributed by atoms with E-state index in [1.54, 1.807) is 6.92 Å². The van der Waals surface area contributed by atoms with E-state index in [1.165, 1.54) is 10.6 Å². The van der Waals surface area contributed by atoms with Crippen molar-refractivity contribution in [1.82, 2.24) is 0 Å². The summed E-state index contributed by atoms with van der Waals surface area (Å²) in [6.45, 7) is 7.85. The first-order valence-corrected chi connectivity index (χ1v) is 6.96. The van der Waals surface area contributed by atoms with E-state index in [1.807, 2.05) is 11.8 Å². The summed E-state index contributed by atoms with van der Waals surface area (Å²) < 4.78 is 0. The predicted octanol–water partition coefficient (Wildman–Crippen LogP) is 3.21. The highest BCUT2D eigenvalue weighted by Crippen LogP contribution is 2.29. The normalized spacial score (nSPS) is 16.1. The average Bonchev–Trinajstić information content (AvgIpc) is 2.16. The molecule has 0 atom stereocenters. The molecule has 0 bridgehead atoms. The molecule has 92 valence electrons. The number of carbonyl (C=O) groups is 1. The van der Waals surface area contributed by atoms with E-state index < -0.39 is 0 Å². The predicted molar refractivity (Wildman–Crippen MR) is 73.8 cm³/mol. The second-order valence-electron chi connectivity index (χ2n) is 4.87. The van der Waals surface area contributed by atoms with Crippen LogP contribution in [-0.4, -0.2) is 24.1 Å². The molecule has 1 fully saturated rings. The summed E-state index contributed by atoms with van der Waals surface area (Å²) in [7, 11) is 0. The molecule has 0 unspecified atom stereocenters. The van der Waals surface area contributed by atoms with Crippen LogP contribution < -0.4 is 4.90 Å². The molecular formula is C14H19NOS. The van der Waals surface area contributed by atoms with Crippen LogP contribution in [0.4, 0.5) is 5.69 Å². The maximum atomic E-state index is 11.1. The van der Waals surface area contributed by atoms with Crippen molar-refractivity contribution in [2.75, 3.05) is 18.0 Å². The number of Topliss-reactive ketones (excluding diaryl/α,β-unsaturated/α-hetero) is 1. The number of ketones is 1. The summed E-state index contributed by atoms with van der Waals surface area (Å²) in [6, 6.07) is 8.64. The molecule has 17 heavy (non-hydrogen) atoms. The van der Waals surface area contributed by atoms with E-state index in [-0.39, 0.29) is 5.92 Å². The zero-order valence-electron chi connectivity index (χ0n) is 10.6. The van der Waals surface area contributed by atoms with Crippen molar-refractivity contribution in [2.24, 2.45) is 5.92 Å². The van der Waals surface area contributed by atoms with Crippen LogP contribution in [0.25, 0.3) is 0 Å². The Morgan fingerprint density at radius 2 is 1.88 bits per heavy atom. The lowest BCUT2D eigenvalue weighted by Gasteiger charge is -2.39. The summed E-state index contributed by atoms with van der Waals surface area (Å²) in [5.41, 5.74) is 1.23. The molecule has 1 aromatic rings. The zero-order chi connectivity index (χ0) is 12.4. The van der Waals surface area contributed by atoms with Gasteiger partial charge in [-0.25, -0.2) is 0 Å². The van der Waals surface area contributed by atoms with Gasteiger partial charge >= 0.3 is 0 Å². The number of nitrogens with zero attached hydrogens (tertiary/aromatic N) is 1. The number of carbonyl (C=O) groups excluding carboxylic acids is 1. The Balaban J connectivity index is 1.93. The standard InChI is InChI=1S/C14H19NOS/c1-10(2)17-14-6-4-13(5-7-14)15-8-12(9-15)11(3)16/h4-7,10,12H,8-9H2,1-3H3. The molecule has 1 aromatic carbocycles. The van der Waals surface area contributed by atoms with E-state index in [4.69, 9.17) is 0 Å². The second-order valence-corrected chi connectivity index (χ2v) is 6.52. The number of hydrogen-bond acceptors (Lipinski definition) is 3. The van der Waals surface area contributed by atoms with Crippen LogP contribution in [0.2, 0.25) is 0 Å². The van der Waals surface area contributed by atoms with Crippen LogP contribution in [0.15, 0.2) is 29.2 Å². The van der Waals surface area contributed by atoms with Crippen molar-refractivity contribution < 1.29 is 4.79 Å². The number of thioether (sulfide) groups is 1. The van der Waals surface area contributed by atoms with Crippen molar-refractivity contribution in [3.63, 3.8) is 0 Å². The summed E-state index contributed by atoms with van der Waals surface area (Å²) in [5, 5.41) is 0.618. The summed E-state index contributed by atoms with van der Waals surface area (Å²) >= 11 is 1.88. The molecule has 3 heteroatoms. The zero-order valence-corrected chi connectivity index (χ0v) is 11.5. The van der Waals surface area contributed by atoms with Crippen LogP contribution in [0, 0.1) is 5.92 Å². The third-order valence-electron chi connectivity index (χ3n) is 3.03. The lowest BCUT2D eigenvalue weighted by atomic mass is 9.95. The minimum Gasteiger partial charge on any atom is -0.370 e. The second kappa shape index (κ2) is 5.13. The highest BCUT2D eigenvalue weighted by molar-refractivity contribution is 7.99. The molecule has 1 aliphatic rings. The Bertz CT molecular complexity index is 393. The fourth-order valence-electron chi connectivity index (χ4n) is 1.95. The van der Waals surface area contributed by atoms with Crippen LogP contribution in [0.1, 0.15) is 20.8 Å². The van der Waals surface area contributed by atoms with Crippen molar-refractivity contribution in [3.8, 4) is 0 Å². The van der Waals surface area contributed by atoms with Crippen LogP contribution >= 0.6 is 11.8 Å². The molecule has 2 rings (SSSR count). The van der Waals surface area contributed by atoms with Crippen LogP contribution in [-0.2, 0) is 4.79 Å². The smallest absolute Gasteiger partial charge is 0.136 e. The first-order chi connectivity index (χ1) is 8.06. The van der Waals surface area contributed by atoms with Gasteiger partial charge in [0, 0.05) is 28.9 Å². The third-order valence-corrected chi connectivity index (χ3v) is 4.05. The van der Waals surface area contributed by atoms with Gasteiger partial charge in [0.05, 0.1) is 5.92 Å². The van der Waals surface area contributed by atoms with Crippen molar-refractivity contribution in [1.29, 1.82) is 0 Å². The summed E-state index contributed by atoms with van der Waals surface area (Å²) in [4.78, 5) is 14.7. The molecular weight excluding hydrogens is 230 g/mol. The van der Waals surface area contributed by atoms with Gasteiger partial charge in [0.1, 0.15) is 5.78 Å². The van der Waals surface area contributed by atoms with Crippen molar-refractivity contribution in [2.45, 2.75) is 30.9 Å². The van der Waals surface area contributed by atoms with E-state index in [9.17, 15) is 4.79 Å². The van der Waals surface area contributed by atoms with E-state index in [2.05, 4.69) is 43.0 Å². The first-order valence-electron chi connectivity index (χ1n) is 6.08. The molecule has 0 aliphatic carbocycles. The molecule has 0 aromatic heterocycles. The Morgan fingerprint density at radius 1 is 1.29 bits per heavy atom. The minimum atomic E-state index is 0.250. The maximum absolute atomic E-state index is 11.1. The van der Waals surface area contributed by atoms with Gasteiger partial charge in [0.2, 0.25) is 0 Å². The Labute approximate surface area is 107 Å². The summed E-state index contributed by atoms with van der Waals surface area (Å²) in [6.07, 6.45) is 0. The number of rotatable bonds is 4. The first kappa shape index (κ1) is 12.5. The maximum Gasteiger partial charge on any atom is 0.136 e. The topological polar surface area (TPSA) is 20.3 Å². The molecule has 1 heterocycles. The van der Waals surface area contributed by atoms with Gasteiger partial charge < -0.3 is 4.90 Å². The monoisotopic (exact) mass is 249 g/mol. The molecule has 0 spiro atoms. The molecule has 0 amide bonds. The van der Waals surface area contributed by atoms with Crippen LogP contribution in [0.5, 0.6) is 0 Å². The highest BCUT2D eigenvalue weighted by atomic mass is 32.2. The lowest BCUT2D eigenvalue weighted by molar-refractivity contribution is -0.121. The molecule has 0 saturated carbocycles. The molecule has 2 nitrogen and oxygen atoms in total. The Hall–Kier alpha value is -0.960. The van der Waals surface area contributed by atoms with Gasteiger partial charge in [0.15, 0.2) is 0 Å². The Kier molecular flexibility index (Phi) is 3.77. The third kappa shape index (κ3) is 3.03. The van der Waals surface area contributed by atoms with Gasteiger partial charge in [-0.3, -0.25) is 4.79 Å².